The second-order valence-electron chi connectivity index (χ2n) is 1.95. The van der Waals surface area contributed by atoms with E-state index >= 15 is 0 Å². The van der Waals surface area contributed by atoms with Crippen LogP contribution in [0.15, 0.2) is 18.6 Å². The topological polar surface area (TPSA) is 72.3 Å². The second-order valence-corrected chi connectivity index (χ2v) is 1.95. The quantitative estimate of drug-likeness (QED) is 0.623. The van der Waals surface area contributed by atoms with Gasteiger partial charge in [-0.15, -0.1) is 0 Å². The molecule has 1 aromatic rings. The number of rotatable bonds is 3. The molecule has 0 amide bonds. The van der Waals surface area contributed by atoms with E-state index < -0.39 is 5.97 Å². The van der Waals surface area contributed by atoms with Crippen LogP contribution in [0.2, 0.25) is 0 Å². The summed E-state index contributed by atoms with van der Waals surface area (Å²) in [6.07, 6.45) is 4.16. The third-order valence-electron chi connectivity index (χ3n) is 1.10. The monoisotopic (exact) mass is 168 g/mol. The predicted molar refractivity (Wildman–Crippen MR) is 39.4 cm³/mol. The summed E-state index contributed by atoms with van der Waals surface area (Å²) in [4.78, 5) is 18.4. The number of hydrogen-bond acceptors (Lipinski definition) is 5. The number of carbonyl (C=O) groups excluding carboxylic acids is 1. The fraction of sp³-hybridized carbons (Fsp3) is 0.286. The van der Waals surface area contributed by atoms with Crippen LogP contribution in [0.4, 0.5) is 0 Å². The molecule has 0 radical (unpaired) electrons. The van der Waals surface area contributed by atoms with Gasteiger partial charge in [0.25, 0.3) is 0 Å². The van der Waals surface area contributed by atoms with Crippen molar-refractivity contribution in [1.82, 2.24) is 9.97 Å². The van der Waals surface area contributed by atoms with Crippen molar-refractivity contribution in [3.05, 3.63) is 24.3 Å². The van der Waals surface area contributed by atoms with Crippen molar-refractivity contribution in [1.29, 1.82) is 0 Å². The van der Waals surface area contributed by atoms with Gasteiger partial charge in [-0.25, -0.2) is 9.78 Å². The van der Waals surface area contributed by atoms with E-state index in [9.17, 15) is 4.79 Å². The zero-order chi connectivity index (χ0) is 8.81. The van der Waals surface area contributed by atoms with Gasteiger partial charge in [0.1, 0.15) is 6.61 Å². The maximum absolute atomic E-state index is 11.0. The molecule has 0 saturated carbocycles. The summed E-state index contributed by atoms with van der Waals surface area (Å²) in [6.45, 7) is -0.207. The summed E-state index contributed by atoms with van der Waals surface area (Å²) in [5.41, 5.74) is 0.144. The summed E-state index contributed by atoms with van der Waals surface area (Å²) >= 11 is 0. The second kappa shape index (κ2) is 4.40. The van der Waals surface area contributed by atoms with Crippen molar-refractivity contribution in [3.8, 4) is 0 Å². The highest BCUT2D eigenvalue weighted by Crippen LogP contribution is 1.93. The fourth-order valence-electron chi connectivity index (χ4n) is 0.617. The predicted octanol–water partition coefficient (Wildman–Crippen LogP) is -0.374. The molecule has 5 heteroatoms. The van der Waals surface area contributed by atoms with Crippen LogP contribution in [-0.4, -0.2) is 34.3 Å². The lowest BCUT2D eigenvalue weighted by atomic mass is 10.5. The Bertz CT molecular complexity index is 250. The molecule has 1 rings (SSSR count). The minimum absolute atomic E-state index is 0.0184. The average molecular weight is 168 g/mol. The van der Waals surface area contributed by atoms with Crippen molar-refractivity contribution in [3.63, 3.8) is 0 Å². The first-order valence-electron chi connectivity index (χ1n) is 3.38. The third kappa shape index (κ3) is 2.28. The minimum atomic E-state index is -0.572. The molecule has 0 aliphatic heterocycles. The molecule has 0 aromatic carbocycles. The highest BCUT2D eigenvalue weighted by molar-refractivity contribution is 5.86. The Labute approximate surface area is 69.0 Å². The van der Waals surface area contributed by atoms with E-state index in [1.807, 2.05) is 0 Å². The molecule has 0 spiro atoms. The molecule has 0 bridgehead atoms. The SMILES string of the molecule is O=C(OCCO)c1cnccn1. The van der Waals surface area contributed by atoms with E-state index in [0.29, 0.717) is 0 Å². The van der Waals surface area contributed by atoms with Gasteiger partial charge < -0.3 is 9.84 Å². The highest BCUT2D eigenvalue weighted by Gasteiger charge is 2.06. The van der Waals surface area contributed by atoms with Gasteiger partial charge in [-0.2, -0.15) is 0 Å². The van der Waals surface area contributed by atoms with Crippen molar-refractivity contribution >= 4 is 5.97 Å². The van der Waals surface area contributed by atoms with Crippen LogP contribution in [-0.2, 0) is 4.74 Å². The number of ether oxygens (including phenoxy) is 1. The van der Waals surface area contributed by atoms with Gasteiger partial charge in [-0.05, 0) is 0 Å². The Morgan fingerprint density at radius 3 is 3.00 bits per heavy atom. The van der Waals surface area contributed by atoms with E-state index in [-0.39, 0.29) is 18.9 Å². The minimum Gasteiger partial charge on any atom is -0.458 e. The summed E-state index contributed by atoms with van der Waals surface area (Å²) in [7, 11) is 0. The van der Waals surface area contributed by atoms with E-state index in [4.69, 9.17) is 5.11 Å². The van der Waals surface area contributed by atoms with E-state index in [1.54, 1.807) is 0 Å². The molecule has 12 heavy (non-hydrogen) atoms. The van der Waals surface area contributed by atoms with Gasteiger partial charge >= 0.3 is 5.97 Å². The molecule has 0 saturated heterocycles. The van der Waals surface area contributed by atoms with Crippen molar-refractivity contribution in [2.75, 3.05) is 13.2 Å². The zero-order valence-corrected chi connectivity index (χ0v) is 6.30. The molecule has 1 aromatic heterocycles. The Morgan fingerprint density at radius 2 is 2.42 bits per heavy atom. The van der Waals surface area contributed by atoms with Crippen LogP contribution in [0.3, 0.4) is 0 Å². The van der Waals surface area contributed by atoms with Gasteiger partial charge in [-0.1, -0.05) is 0 Å². The molecule has 1 N–H and O–H groups in total. The van der Waals surface area contributed by atoms with Gasteiger partial charge in [0.05, 0.1) is 12.8 Å². The average Bonchev–Trinajstić information content (AvgIpc) is 2.15. The number of nitrogens with zero attached hydrogens (tertiary/aromatic N) is 2. The first-order valence-corrected chi connectivity index (χ1v) is 3.38. The first kappa shape index (κ1) is 8.61. The molecular weight excluding hydrogens is 160 g/mol. The smallest absolute Gasteiger partial charge is 0.358 e. The lowest BCUT2D eigenvalue weighted by Crippen LogP contribution is -2.10. The zero-order valence-electron chi connectivity index (χ0n) is 6.30. The van der Waals surface area contributed by atoms with Gasteiger partial charge in [-0.3, -0.25) is 4.98 Å². The van der Waals surface area contributed by atoms with Crippen molar-refractivity contribution in [2.45, 2.75) is 0 Å². The molecule has 5 nitrogen and oxygen atoms in total. The number of hydrogen-bond donors (Lipinski definition) is 1. The van der Waals surface area contributed by atoms with Gasteiger partial charge in [0.15, 0.2) is 5.69 Å². The molecule has 0 aliphatic carbocycles. The van der Waals surface area contributed by atoms with E-state index in [1.165, 1.54) is 18.6 Å². The molecule has 0 aliphatic rings. The van der Waals surface area contributed by atoms with Crippen LogP contribution in [0.1, 0.15) is 10.5 Å². The van der Waals surface area contributed by atoms with E-state index in [2.05, 4.69) is 14.7 Å². The number of aliphatic hydroxyl groups excluding tert-OH is 1. The third-order valence-corrected chi connectivity index (χ3v) is 1.10. The Hall–Kier alpha value is -1.49. The summed E-state index contributed by atoms with van der Waals surface area (Å²) < 4.78 is 4.59. The van der Waals surface area contributed by atoms with Crippen molar-refractivity contribution < 1.29 is 14.6 Å². The van der Waals surface area contributed by atoms with Crippen LogP contribution in [0.25, 0.3) is 0 Å². The highest BCUT2D eigenvalue weighted by atomic mass is 16.5. The first-order chi connectivity index (χ1) is 5.84. The van der Waals surface area contributed by atoms with Crippen LogP contribution in [0, 0.1) is 0 Å². The standard InChI is InChI=1S/C7H8N2O3/c10-3-4-12-7(11)6-5-8-1-2-9-6/h1-2,5,10H,3-4H2. The molecule has 0 fully saturated rings. The van der Waals surface area contributed by atoms with Gasteiger partial charge in [0.2, 0.25) is 0 Å². The maximum Gasteiger partial charge on any atom is 0.358 e. The Morgan fingerprint density at radius 1 is 1.58 bits per heavy atom. The van der Waals surface area contributed by atoms with Crippen molar-refractivity contribution in [2.24, 2.45) is 0 Å². The summed E-state index contributed by atoms with van der Waals surface area (Å²) in [5.74, 6) is -0.572. The molecule has 0 atom stereocenters. The van der Waals surface area contributed by atoms with Crippen LogP contribution in [0.5, 0.6) is 0 Å². The van der Waals surface area contributed by atoms with E-state index in [0.717, 1.165) is 0 Å². The number of carbonyl (C=O) groups is 1. The molecule has 64 valence electrons. The summed E-state index contributed by atoms with van der Waals surface area (Å²) in [5, 5.41) is 8.35. The van der Waals surface area contributed by atoms with Crippen LogP contribution < -0.4 is 0 Å². The maximum atomic E-state index is 11.0. The molecule has 1 heterocycles. The normalized spacial score (nSPS) is 9.42. The van der Waals surface area contributed by atoms with Crippen LogP contribution >= 0.6 is 0 Å². The largest absolute Gasteiger partial charge is 0.458 e. The summed E-state index contributed by atoms with van der Waals surface area (Å²) in [6, 6.07) is 0. The number of aliphatic hydroxyl groups is 1. The lowest BCUT2D eigenvalue weighted by molar-refractivity contribution is 0.0426. The lowest BCUT2D eigenvalue weighted by Gasteiger charge is -1.99. The fourth-order valence-corrected chi connectivity index (χ4v) is 0.617. The molecular formula is C7H8N2O3. The number of esters is 1. The Balaban J connectivity index is 2.54. The molecule has 0 unspecified atom stereocenters. The van der Waals surface area contributed by atoms with Gasteiger partial charge in [0, 0.05) is 12.4 Å². The number of aromatic nitrogens is 2. The Kier molecular flexibility index (Phi) is 3.16.